The van der Waals surface area contributed by atoms with Crippen LogP contribution in [-0.4, -0.2) is 41.2 Å². The van der Waals surface area contributed by atoms with Crippen LogP contribution in [0.5, 0.6) is 0 Å². The molecule has 0 amide bonds. The molecule has 2 aromatic rings. The van der Waals surface area contributed by atoms with E-state index in [2.05, 4.69) is 15.6 Å². The number of hydrogen-bond donors (Lipinski definition) is 2. The molecule has 2 saturated heterocycles. The third kappa shape index (κ3) is 3.61. The third-order valence-corrected chi connectivity index (χ3v) is 5.39. The summed E-state index contributed by atoms with van der Waals surface area (Å²) in [5, 5.41) is 7.01. The van der Waals surface area contributed by atoms with E-state index in [1.165, 1.54) is 12.8 Å². The molecule has 0 spiro atoms. The van der Waals surface area contributed by atoms with E-state index in [1.807, 2.05) is 25.3 Å². The second-order valence-corrected chi connectivity index (χ2v) is 7.22. The number of fused-ring (bicyclic) bond motifs is 1. The lowest BCUT2D eigenvalue weighted by Crippen LogP contribution is -2.44. The second kappa shape index (κ2) is 7.23. The summed E-state index contributed by atoms with van der Waals surface area (Å²) in [7, 11) is 0. The van der Waals surface area contributed by atoms with Crippen LogP contribution in [0.25, 0.3) is 5.65 Å². The maximum Gasteiger partial charge on any atom is 0.258 e. The molecule has 0 saturated carbocycles. The molecule has 0 aliphatic carbocycles. The van der Waals surface area contributed by atoms with Crippen molar-refractivity contribution in [2.45, 2.75) is 44.9 Å². The van der Waals surface area contributed by atoms with Gasteiger partial charge in [0.2, 0.25) is 0 Å². The van der Waals surface area contributed by atoms with Crippen LogP contribution in [0.4, 0.5) is 0 Å². The quantitative estimate of drug-likeness (QED) is 0.875. The number of nitrogens with one attached hydrogen (secondary N) is 2. The summed E-state index contributed by atoms with van der Waals surface area (Å²) in [6.45, 7) is 5.57. The summed E-state index contributed by atoms with van der Waals surface area (Å²) in [5.74, 6) is 0.624. The van der Waals surface area contributed by atoms with Gasteiger partial charge in [0.15, 0.2) is 0 Å². The molecule has 2 N–H and O–H groups in total. The standard InChI is InChI=1S/C19H26N4O2/c1-13-2-3-17-22-15(10-18(24)23(17)12-13)11-21-16-6-9-25-19(16)14-4-7-20-8-5-14/h2-3,10,12,14,16,19-21H,4-9,11H2,1H3/t16-,19+/m1/s1. The molecule has 2 atom stereocenters. The summed E-state index contributed by atoms with van der Waals surface area (Å²) in [6, 6.07) is 5.86. The number of hydrogen-bond acceptors (Lipinski definition) is 5. The van der Waals surface area contributed by atoms with Gasteiger partial charge in [-0.1, -0.05) is 6.07 Å². The van der Waals surface area contributed by atoms with E-state index in [0.717, 1.165) is 37.4 Å². The number of ether oxygens (including phenoxy) is 1. The van der Waals surface area contributed by atoms with E-state index in [-0.39, 0.29) is 11.7 Å². The van der Waals surface area contributed by atoms with E-state index in [4.69, 9.17) is 4.74 Å². The minimum absolute atomic E-state index is 0.0249. The fourth-order valence-electron chi connectivity index (χ4n) is 4.05. The number of aromatic nitrogens is 2. The largest absolute Gasteiger partial charge is 0.376 e. The average Bonchev–Trinajstić information content (AvgIpc) is 3.10. The first-order valence-electron chi connectivity index (χ1n) is 9.25. The van der Waals surface area contributed by atoms with Gasteiger partial charge in [0.1, 0.15) is 5.65 Å². The number of nitrogens with zero attached hydrogens (tertiary/aromatic N) is 2. The van der Waals surface area contributed by atoms with Crippen molar-refractivity contribution in [2.24, 2.45) is 5.92 Å². The molecule has 134 valence electrons. The maximum atomic E-state index is 12.3. The molecule has 2 aliphatic rings. The molecule has 6 heteroatoms. The van der Waals surface area contributed by atoms with Gasteiger partial charge in [-0.3, -0.25) is 9.20 Å². The molecule has 2 aromatic heterocycles. The van der Waals surface area contributed by atoms with Gasteiger partial charge in [0.25, 0.3) is 5.56 Å². The SMILES string of the molecule is Cc1ccc2nc(CN[C@@H]3CCO[C@H]3C3CCNCC3)cc(=O)n2c1. The fraction of sp³-hybridized carbons (Fsp3) is 0.579. The van der Waals surface area contributed by atoms with Crippen LogP contribution >= 0.6 is 0 Å². The zero-order chi connectivity index (χ0) is 17.2. The normalized spacial score (nSPS) is 24.8. The highest BCUT2D eigenvalue weighted by molar-refractivity contribution is 5.39. The third-order valence-electron chi connectivity index (χ3n) is 5.39. The second-order valence-electron chi connectivity index (χ2n) is 7.22. The summed E-state index contributed by atoms with van der Waals surface area (Å²) in [4.78, 5) is 16.9. The first-order chi connectivity index (χ1) is 12.2. The highest BCUT2D eigenvalue weighted by atomic mass is 16.5. The summed E-state index contributed by atoms with van der Waals surface area (Å²) < 4.78 is 7.63. The number of aryl methyl sites for hydroxylation is 1. The van der Waals surface area contributed by atoms with Crippen molar-refractivity contribution in [1.29, 1.82) is 0 Å². The Bertz CT molecular complexity index is 798. The minimum atomic E-state index is -0.0249. The summed E-state index contributed by atoms with van der Waals surface area (Å²) in [6.07, 6.45) is 5.50. The van der Waals surface area contributed by atoms with E-state index >= 15 is 0 Å². The molecule has 25 heavy (non-hydrogen) atoms. The van der Waals surface area contributed by atoms with Gasteiger partial charge in [0, 0.05) is 31.5 Å². The molecule has 2 aliphatic heterocycles. The Labute approximate surface area is 147 Å². The fourth-order valence-corrected chi connectivity index (χ4v) is 4.05. The van der Waals surface area contributed by atoms with Gasteiger partial charge in [-0.05, 0) is 56.8 Å². The Morgan fingerprint density at radius 3 is 3.00 bits per heavy atom. The van der Waals surface area contributed by atoms with E-state index in [0.29, 0.717) is 24.2 Å². The molecule has 0 unspecified atom stereocenters. The van der Waals surface area contributed by atoms with Crippen LogP contribution < -0.4 is 16.2 Å². The maximum absolute atomic E-state index is 12.3. The smallest absolute Gasteiger partial charge is 0.258 e. The average molecular weight is 342 g/mol. The van der Waals surface area contributed by atoms with Gasteiger partial charge in [0.05, 0.1) is 11.8 Å². The van der Waals surface area contributed by atoms with Crippen LogP contribution in [0, 0.1) is 12.8 Å². The van der Waals surface area contributed by atoms with E-state index < -0.39 is 0 Å². The van der Waals surface area contributed by atoms with E-state index in [1.54, 1.807) is 10.5 Å². The lowest BCUT2D eigenvalue weighted by atomic mass is 9.88. The van der Waals surface area contributed by atoms with Gasteiger partial charge in [-0.25, -0.2) is 4.98 Å². The highest BCUT2D eigenvalue weighted by Crippen LogP contribution is 2.27. The predicted octanol–water partition coefficient (Wildman–Crippen LogP) is 1.25. The lowest BCUT2D eigenvalue weighted by molar-refractivity contribution is 0.0377. The van der Waals surface area contributed by atoms with E-state index in [9.17, 15) is 4.79 Å². The van der Waals surface area contributed by atoms with Crippen molar-refractivity contribution in [3.8, 4) is 0 Å². The molecule has 0 aromatic carbocycles. The Balaban J connectivity index is 1.46. The van der Waals surface area contributed by atoms with Crippen LogP contribution in [-0.2, 0) is 11.3 Å². The molecule has 2 fully saturated rings. The van der Waals surface area contributed by atoms with Crippen molar-refractivity contribution < 1.29 is 4.74 Å². The predicted molar refractivity (Wildman–Crippen MR) is 96.8 cm³/mol. The molecule has 4 heterocycles. The van der Waals surface area contributed by atoms with Crippen molar-refractivity contribution in [1.82, 2.24) is 20.0 Å². The summed E-state index contributed by atoms with van der Waals surface area (Å²) in [5.41, 5.74) is 2.52. The topological polar surface area (TPSA) is 67.7 Å². The highest BCUT2D eigenvalue weighted by Gasteiger charge is 2.35. The Morgan fingerprint density at radius 2 is 2.16 bits per heavy atom. The summed E-state index contributed by atoms with van der Waals surface area (Å²) >= 11 is 0. The Hall–Kier alpha value is -1.76. The minimum Gasteiger partial charge on any atom is -0.376 e. The van der Waals surface area contributed by atoms with Gasteiger partial charge >= 0.3 is 0 Å². The van der Waals surface area contributed by atoms with Gasteiger partial charge in [-0.2, -0.15) is 0 Å². The van der Waals surface area contributed by atoms with Crippen LogP contribution in [0.2, 0.25) is 0 Å². The molecular formula is C19H26N4O2. The lowest BCUT2D eigenvalue weighted by Gasteiger charge is -2.31. The zero-order valence-electron chi connectivity index (χ0n) is 14.7. The number of piperidine rings is 1. The van der Waals surface area contributed by atoms with Crippen molar-refractivity contribution in [3.05, 3.63) is 46.0 Å². The monoisotopic (exact) mass is 342 g/mol. The van der Waals surface area contributed by atoms with Crippen LogP contribution in [0.1, 0.15) is 30.5 Å². The van der Waals surface area contributed by atoms with Gasteiger partial charge in [-0.15, -0.1) is 0 Å². The molecule has 4 rings (SSSR count). The first kappa shape index (κ1) is 16.7. The van der Waals surface area contributed by atoms with Crippen molar-refractivity contribution in [2.75, 3.05) is 19.7 Å². The van der Waals surface area contributed by atoms with Gasteiger partial charge < -0.3 is 15.4 Å². The molecule has 0 radical (unpaired) electrons. The number of rotatable bonds is 4. The molecule has 0 bridgehead atoms. The van der Waals surface area contributed by atoms with Crippen molar-refractivity contribution >= 4 is 5.65 Å². The van der Waals surface area contributed by atoms with Crippen LogP contribution in [0.15, 0.2) is 29.2 Å². The van der Waals surface area contributed by atoms with Crippen LogP contribution in [0.3, 0.4) is 0 Å². The first-order valence-corrected chi connectivity index (χ1v) is 9.25. The number of pyridine rings is 1. The molecule has 6 nitrogen and oxygen atoms in total. The molecular weight excluding hydrogens is 316 g/mol. The Morgan fingerprint density at radius 1 is 1.32 bits per heavy atom. The van der Waals surface area contributed by atoms with Crippen molar-refractivity contribution in [3.63, 3.8) is 0 Å². The Kier molecular flexibility index (Phi) is 4.83. The zero-order valence-corrected chi connectivity index (χ0v) is 14.7.